The van der Waals surface area contributed by atoms with E-state index in [0.29, 0.717) is 12.4 Å². The molecule has 1 aliphatic heterocycles. The lowest BCUT2D eigenvalue weighted by Gasteiger charge is -2.31. The zero-order valence-corrected chi connectivity index (χ0v) is 10.9. The molecule has 0 radical (unpaired) electrons. The van der Waals surface area contributed by atoms with E-state index in [0.717, 1.165) is 37.6 Å². The Morgan fingerprint density at radius 3 is 3.12 bits per heavy atom. The summed E-state index contributed by atoms with van der Waals surface area (Å²) >= 11 is 4.33. The summed E-state index contributed by atoms with van der Waals surface area (Å²) in [7, 11) is 0. The highest BCUT2D eigenvalue weighted by Gasteiger charge is 2.19. The Balaban J connectivity index is 2.18. The monoisotopic (exact) mass is 254 g/mol. The molecule has 6 heteroatoms. The minimum atomic E-state index is -0.0606. The predicted octanol–water partition coefficient (Wildman–Crippen LogP) is 1.10. The van der Waals surface area contributed by atoms with Gasteiger partial charge in [0, 0.05) is 19.0 Å². The summed E-state index contributed by atoms with van der Waals surface area (Å²) in [5, 5.41) is 0. The van der Waals surface area contributed by atoms with E-state index in [4.69, 9.17) is 10.5 Å². The molecule has 2 heterocycles. The highest BCUT2D eigenvalue weighted by molar-refractivity contribution is 7.80. The average molecular weight is 254 g/mol. The summed E-state index contributed by atoms with van der Waals surface area (Å²) in [4.78, 5) is 10.9. The maximum absolute atomic E-state index is 5.80. The first-order valence-corrected chi connectivity index (χ1v) is 6.38. The molecular formula is C11H18N4OS. The van der Waals surface area contributed by atoms with Gasteiger partial charge >= 0.3 is 0 Å². The lowest BCUT2D eigenvalue weighted by atomic mass is 10.3. The van der Waals surface area contributed by atoms with Gasteiger partial charge in [0.05, 0.1) is 13.2 Å². The number of aromatic nitrogens is 2. The van der Waals surface area contributed by atoms with Crippen LogP contribution in [0.1, 0.15) is 19.2 Å². The molecule has 1 unspecified atom stereocenters. The summed E-state index contributed by atoms with van der Waals surface area (Å²) in [6, 6.07) is 1.81. The Hall–Kier alpha value is -1.01. The maximum atomic E-state index is 5.80. The average Bonchev–Trinajstić information content (AvgIpc) is 2.28. The SMILES string of the molecule is CCCc1nc(N)cc(N2CCOC(S)C2)n1. The second-order valence-corrected chi connectivity index (χ2v) is 4.66. The van der Waals surface area contributed by atoms with Gasteiger partial charge < -0.3 is 15.4 Å². The molecule has 5 nitrogen and oxygen atoms in total. The summed E-state index contributed by atoms with van der Waals surface area (Å²) in [5.41, 5.74) is 5.74. The van der Waals surface area contributed by atoms with Crippen LogP contribution in [0.3, 0.4) is 0 Å². The predicted molar refractivity (Wildman–Crippen MR) is 71.4 cm³/mol. The van der Waals surface area contributed by atoms with Crippen molar-refractivity contribution in [1.29, 1.82) is 0 Å². The first-order chi connectivity index (χ1) is 8.19. The van der Waals surface area contributed by atoms with E-state index >= 15 is 0 Å². The van der Waals surface area contributed by atoms with Crippen LogP contribution in [0.25, 0.3) is 0 Å². The summed E-state index contributed by atoms with van der Waals surface area (Å²) < 4.78 is 5.39. The van der Waals surface area contributed by atoms with Gasteiger partial charge in [-0.15, -0.1) is 12.6 Å². The molecule has 0 aromatic carbocycles. The van der Waals surface area contributed by atoms with Crippen molar-refractivity contribution in [3.63, 3.8) is 0 Å². The van der Waals surface area contributed by atoms with Gasteiger partial charge in [0.15, 0.2) is 0 Å². The van der Waals surface area contributed by atoms with Crippen molar-refractivity contribution in [3.05, 3.63) is 11.9 Å². The van der Waals surface area contributed by atoms with Crippen molar-refractivity contribution in [3.8, 4) is 0 Å². The van der Waals surface area contributed by atoms with Gasteiger partial charge in [0.1, 0.15) is 22.9 Å². The van der Waals surface area contributed by atoms with Gasteiger partial charge in [0.2, 0.25) is 0 Å². The number of hydrogen-bond acceptors (Lipinski definition) is 6. The van der Waals surface area contributed by atoms with Crippen molar-refractivity contribution in [2.45, 2.75) is 25.2 Å². The van der Waals surface area contributed by atoms with E-state index in [-0.39, 0.29) is 5.44 Å². The molecule has 0 aliphatic carbocycles. The zero-order chi connectivity index (χ0) is 12.3. The molecule has 2 N–H and O–H groups in total. The molecule has 0 saturated carbocycles. The van der Waals surface area contributed by atoms with Crippen LogP contribution in [0.4, 0.5) is 11.6 Å². The van der Waals surface area contributed by atoms with Crippen LogP contribution in [0.5, 0.6) is 0 Å². The Bertz CT molecular complexity index is 388. The Labute approximate surface area is 107 Å². The number of aryl methyl sites for hydroxylation is 1. The number of nitrogens with two attached hydrogens (primary N) is 1. The quantitative estimate of drug-likeness (QED) is 0.791. The van der Waals surface area contributed by atoms with E-state index in [1.54, 1.807) is 0 Å². The highest BCUT2D eigenvalue weighted by atomic mass is 32.1. The lowest BCUT2D eigenvalue weighted by molar-refractivity contribution is 0.0993. The van der Waals surface area contributed by atoms with Gasteiger partial charge in [-0.05, 0) is 6.42 Å². The highest BCUT2D eigenvalue weighted by Crippen LogP contribution is 2.19. The van der Waals surface area contributed by atoms with Gasteiger partial charge in [0.25, 0.3) is 0 Å². The van der Waals surface area contributed by atoms with Crippen LogP contribution in [-0.2, 0) is 11.2 Å². The molecule has 1 aromatic heterocycles. The molecule has 0 bridgehead atoms. The number of morpholine rings is 1. The van der Waals surface area contributed by atoms with Crippen LogP contribution in [-0.4, -0.2) is 35.1 Å². The van der Waals surface area contributed by atoms with Crippen molar-refractivity contribution in [1.82, 2.24) is 9.97 Å². The van der Waals surface area contributed by atoms with Crippen molar-refractivity contribution >= 4 is 24.3 Å². The molecule has 94 valence electrons. The van der Waals surface area contributed by atoms with E-state index in [1.807, 2.05) is 6.07 Å². The molecule has 1 aromatic rings. The minimum absolute atomic E-state index is 0.0606. The number of hydrogen-bond donors (Lipinski definition) is 2. The van der Waals surface area contributed by atoms with Crippen molar-refractivity contribution in [2.75, 3.05) is 30.3 Å². The third kappa shape index (κ3) is 3.23. The first-order valence-electron chi connectivity index (χ1n) is 5.87. The third-order valence-corrected chi connectivity index (χ3v) is 2.94. The fourth-order valence-electron chi connectivity index (χ4n) is 1.84. The third-order valence-electron chi connectivity index (χ3n) is 2.62. The van der Waals surface area contributed by atoms with Gasteiger partial charge in [-0.2, -0.15) is 0 Å². The first kappa shape index (κ1) is 12.4. The molecule has 1 atom stereocenters. The van der Waals surface area contributed by atoms with Crippen LogP contribution in [0, 0.1) is 0 Å². The summed E-state index contributed by atoms with van der Waals surface area (Å²) in [6.07, 6.45) is 1.87. The topological polar surface area (TPSA) is 64.3 Å². The summed E-state index contributed by atoms with van der Waals surface area (Å²) in [5.74, 6) is 2.22. The van der Waals surface area contributed by atoms with Gasteiger partial charge in [-0.25, -0.2) is 9.97 Å². The van der Waals surface area contributed by atoms with E-state index in [9.17, 15) is 0 Å². The molecule has 17 heavy (non-hydrogen) atoms. The number of anilines is 2. The fraction of sp³-hybridized carbons (Fsp3) is 0.636. The van der Waals surface area contributed by atoms with E-state index in [2.05, 4.69) is 34.4 Å². The Kier molecular flexibility index (Phi) is 4.06. The van der Waals surface area contributed by atoms with Gasteiger partial charge in [-0.3, -0.25) is 0 Å². The smallest absolute Gasteiger partial charge is 0.134 e. The number of ether oxygens (including phenoxy) is 1. The fourth-order valence-corrected chi connectivity index (χ4v) is 2.14. The normalized spacial score (nSPS) is 20.6. The zero-order valence-electron chi connectivity index (χ0n) is 9.96. The number of rotatable bonds is 3. The minimum Gasteiger partial charge on any atom is -0.384 e. The molecule has 1 fully saturated rings. The summed E-state index contributed by atoms with van der Waals surface area (Å²) in [6.45, 7) is 4.32. The van der Waals surface area contributed by atoms with Crippen molar-refractivity contribution < 1.29 is 4.74 Å². The Morgan fingerprint density at radius 1 is 1.59 bits per heavy atom. The number of thiol groups is 1. The maximum Gasteiger partial charge on any atom is 0.134 e. The lowest BCUT2D eigenvalue weighted by Crippen LogP contribution is -2.40. The second-order valence-electron chi connectivity index (χ2n) is 4.09. The van der Waals surface area contributed by atoms with Gasteiger partial charge in [-0.1, -0.05) is 6.92 Å². The molecular weight excluding hydrogens is 236 g/mol. The second kappa shape index (κ2) is 5.55. The standard InChI is InChI=1S/C11H18N4OS/c1-2-3-9-13-8(12)6-10(14-9)15-4-5-16-11(17)7-15/h6,11,17H,2-5,7H2,1H3,(H2,12,13,14). The van der Waals surface area contributed by atoms with Crippen LogP contribution in [0.2, 0.25) is 0 Å². The van der Waals surface area contributed by atoms with Crippen LogP contribution < -0.4 is 10.6 Å². The molecule has 2 rings (SSSR count). The number of nitrogens with zero attached hydrogens (tertiary/aromatic N) is 3. The molecule has 1 saturated heterocycles. The van der Waals surface area contributed by atoms with E-state index in [1.165, 1.54) is 0 Å². The molecule has 1 aliphatic rings. The Morgan fingerprint density at radius 2 is 2.41 bits per heavy atom. The van der Waals surface area contributed by atoms with Crippen LogP contribution in [0.15, 0.2) is 6.07 Å². The molecule has 0 amide bonds. The van der Waals surface area contributed by atoms with Crippen molar-refractivity contribution in [2.24, 2.45) is 0 Å². The van der Waals surface area contributed by atoms with E-state index < -0.39 is 0 Å². The molecule has 0 spiro atoms. The van der Waals surface area contributed by atoms with Crippen LogP contribution >= 0.6 is 12.6 Å². The largest absolute Gasteiger partial charge is 0.384 e. The number of nitrogen functional groups attached to an aromatic ring is 1.